The summed E-state index contributed by atoms with van der Waals surface area (Å²) < 4.78 is 2.50. The molecular weight excluding hydrogens is 730 g/mol. The summed E-state index contributed by atoms with van der Waals surface area (Å²) in [5.41, 5.74) is 3.17. The summed E-state index contributed by atoms with van der Waals surface area (Å²) in [6.45, 7) is 13.9. The maximum absolute atomic E-state index is 12.6. The van der Waals surface area contributed by atoms with Gasteiger partial charge in [-0.15, -0.1) is 0 Å². The Hall–Kier alpha value is -3.37. The van der Waals surface area contributed by atoms with Crippen molar-refractivity contribution >= 4 is 46.7 Å². The monoisotopic (exact) mass is 767 g/mol. The van der Waals surface area contributed by atoms with Gasteiger partial charge in [0, 0.05) is 20.5 Å². The molecule has 48 heavy (non-hydrogen) atoms. The van der Waals surface area contributed by atoms with Gasteiger partial charge in [0.2, 0.25) is 0 Å². The summed E-state index contributed by atoms with van der Waals surface area (Å²) in [7, 11) is 3.17. The molecule has 254 valence electrons. The summed E-state index contributed by atoms with van der Waals surface area (Å²) in [5, 5.41) is 20.5. The number of aryl methyl sites for hydroxylation is 4. The Morgan fingerprint density at radius 2 is 1.31 bits per heavy atom. The van der Waals surface area contributed by atoms with E-state index in [0.29, 0.717) is 23.1 Å². The Labute approximate surface area is 309 Å². The normalized spacial score (nSPS) is 10.4. The number of hydrogen-bond donors (Lipinski definition) is 2. The largest absolute Gasteiger partial charge is 2.00 e. The van der Waals surface area contributed by atoms with Crippen LogP contribution in [0.1, 0.15) is 54.7 Å². The molecule has 4 rings (SSSR count). The Balaban J connectivity index is 0.00000116. The van der Waals surface area contributed by atoms with E-state index in [1.165, 1.54) is 21.5 Å². The van der Waals surface area contributed by atoms with Crippen molar-refractivity contribution < 1.29 is 34.2 Å². The molecular formula is C34H40Cl3N5O5Zn. The first-order valence-corrected chi connectivity index (χ1v) is 15.8. The third-order valence-corrected chi connectivity index (χ3v) is 7.64. The number of aliphatic carboxylic acids is 1. The van der Waals surface area contributed by atoms with E-state index in [4.69, 9.17) is 34.8 Å². The van der Waals surface area contributed by atoms with Crippen LogP contribution in [0.4, 0.5) is 0 Å². The van der Waals surface area contributed by atoms with Gasteiger partial charge in [0.05, 0.1) is 33.6 Å². The summed E-state index contributed by atoms with van der Waals surface area (Å²) >= 11 is 17.8. The molecule has 0 saturated carbocycles. The van der Waals surface area contributed by atoms with E-state index in [1.807, 2.05) is 13.8 Å². The minimum Gasteiger partial charge on any atom is -0.480 e. The van der Waals surface area contributed by atoms with Gasteiger partial charge in [-0.05, 0) is 47.2 Å². The van der Waals surface area contributed by atoms with Gasteiger partial charge in [-0.3, -0.25) is 14.4 Å². The third kappa shape index (κ3) is 12.0. The Morgan fingerprint density at radius 3 is 1.79 bits per heavy atom. The predicted octanol–water partition coefficient (Wildman–Crippen LogP) is 6.42. The van der Waals surface area contributed by atoms with Crippen LogP contribution in [0.15, 0.2) is 64.4 Å². The van der Waals surface area contributed by atoms with Crippen LogP contribution in [-0.4, -0.2) is 42.6 Å². The molecule has 2 heterocycles. The van der Waals surface area contributed by atoms with E-state index in [2.05, 4.69) is 29.4 Å². The first-order chi connectivity index (χ1) is 22.4. The van der Waals surface area contributed by atoms with Crippen molar-refractivity contribution in [2.75, 3.05) is 0 Å². The number of carboxylic acid groups (broad SMARTS) is 1. The zero-order valence-electron chi connectivity index (χ0n) is 28.0. The summed E-state index contributed by atoms with van der Waals surface area (Å²) in [4.78, 5) is 48.0. The first kappa shape index (κ1) is 44.6. The molecule has 2 aromatic heterocycles. The first-order valence-electron chi connectivity index (χ1n) is 14.6. The number of aromatic nitrogens is 4. The van der Waals surface area contributed by atoms with Gasteiger partial charge in [0.25, 0.3) is 17.0 Å². The molecule has 0 aliphatic rings. The van der Waals surface area contributed by atoms with Crippen LogP contribution in [0.25, 0.3) is 11.1 Å². The van der Waals surface area contributed by atoms with E-state index < -0.39 is 17.9 Å². The average Bonchev–Trinajstić information content (AvgIpc) is 3.07. The number of carbonyl (C=O) groups is 2. The van der Waals surface area contributed by atoms with E-state index in [9.17, 15) is 24.3 Å². The molecule has 0 aliphatic carbocycles. The topological polar surface area (TPSA) is 136 Å². The zero-order chi connectivity index (χ0) is 35.8. The van der Waals surface area contributed by atoms with Gasteiger partial charge in [-0.2, -0.15) is 24.0 Å². The van der Waals surface area contributed by atoms with Gasteiger partial charge in [0.1, 0.15) is 11.1 Å². The molecule has 2 aromatic carbocycles. The maximum atomic E-state index is 12.6. The number of carboxylic acids is 1. The van der Waals surface area contributed by atoms with E-state index in [0.717, 1.165) is 17.5 Å². The molecule has 0 unspecified atom stereocenters. The van der Waals surface area contributed by atoms with Crippen molar-refractivity contribution in [3.63, 3.8) is 0 Å². The van der Waals surface area contributed by atoms with E-state index in [1.54, 1.807) is 70.7 Å². The van der Waals surface area contributed by atoms with Crippen molar-refractivity contribution in [2.45, 2.75) is 53.0 Å². The molecule has 0 aliphatic heterocycles. The molecule has 0 bridgehead atoms. The van der Waals surface area contributed by atoms with Crippen LogP contribution in [-0.2, 0) is 57.6 Å². The number of hydrogen-bond acceptors (Lipinski definition) is 6. The van der Waals surface area contributed by atoms with Crippen LogP contribution in [0.5, 0.6) is 0 Å². The fourth-order valence-corrected chi connectivity index (χ4v) is 5.00. The Kier molecular flexibility index (Phi) is 20.7. The summed E-state index contributed by atoms with van der Waals surface area (Å²) in [5.74, 6) is -1.86. The van der Waals surface area contributed by atoms with Crippen molar-refractivity contribution in [1.29, 1.82) is 0 Å². The zero-order valence-corrected chi connectivity index (χ0v) is 33.3. The SMILES string of the molecule is CCc1cnn(C)c(=O)c1-c1ccc(C[C@H](NC(=O)c2c(Cl)cccc2Cl)C(=O)O)cc1.CCc1cnn(C)c(=O)c1Cl.[CH2-]C.[CH2-]C.[Zn+2]. The molecule has 0 radical (unpaired) electrons. The van der Waals surface area contributed by atoms with Gasteiger partial charge in [0.15, 0.2) is 0 Å². The van der Waals surface area contributed by atoms with Crippen molar-refractivity contribution in [2.24, 2.45) is 14.1 Å². The van der Waals surface area contributed by atoms with Gasteiger partial charge in [-0.25, -0.2) is 14.2 Å². The second-order valence-corrected chi connectivity index (χ2v) is 10.6. The number of benzene rings is 2. The van der Waals surface area contributed by atoms with Gasteiger partial charge in [-0.1, -0.05) is 79.0 Å². The molecule has 14 heteroatoms. The van der Waals surface area contributed by atoms with Crippen LogP contribution >= 0.6 is 34.8 Å². The molecule has 1 amide bonds. The number of amides is 1. The maximum Gasteiger partial charge on any atom is 2.00 e. The average molecular weight is 770 g/mol. The summed E-state index contributed by atoms with van der Waals surface area (Å²) in [6, 6.07) is 10.4. The predicted molar refractivity (Wildman–Crippen MR) is 189 cm³/mol. The minimum absolute atomic E-state index is 0. The standard InChI is InChI=1S/C23H21Cl2N3O4.C7H9ClN2O.2C2H5.Zn/c1-3-14-12-26-28(2)22(30)19(14)15-9-7-13(8-10-15)11-18(23(31)32)27-21(29)20-16(24)5-4-6-17(20)25;1-3-5-4-9-10(2)7(11)6(5)8;2*1-2;/h4-10,12,18H,3,11H2,1-2H3,(H,27,29)(H,31,32);4H,3H2,1-2H3;2*1H2,2H3;/q;;2*-1;+2/t18-;;;;/m0..../s1. The molecule has 1 atom stereocenters. The Morgan fingerprint density at radius 1 is 0.833 bits per heavy atom. The number of carbonyl (C=O) groups excluding carboxylic acids is 1. The molecule has 10 nitrogen and oxygen atoms in total. The van der Waals surface area contributed by atoms with Crippen molar-refractivity contribution in [1.82, 2.24) is 24.9 Å². The second kappa shape index (κ2) is 22.3. The van der Waals surface area contributed by atoms with Gasteiger partial charge < -0.3 is 24.3 Å². The number of rotatable bonds is 8. The summed E-state index contributed by atoms with van der Waals surface area (Å²) in [6.07, 6.45) is 4.71. The molecule has 0 fully saturated rings. The van der Waals surface area contributed by atoms with Gasteiger partial charge >= 0.3 is 25.4 Å². The molecule has 0 saturated heterocycles. The van der Waals surface area contributed by atoms with Crippen LogP contribution in [0.2, 0.25) is 15.1 Å². The number of nitrogens with one attached hydrogen (secondary N) is 1. The van der Waals surface area contributed by atoms with E-state index in [-0.39, 0.29) is 57.6 Å². The number of nitrogens with zero attached hydrogens (tertiary/aromatic N) is 4. The Bertz CT molecular complexity index is 1740. The molecule has 4 aromatic rings. The quantitative estimate of drug-likeness (QED) is 0.156. The van der Waals surface area contributed by atoms with Crippen LogP contribution in [0, 0.1) is 13.8 Å². The van der Waals surface area contributed by atoms with Crippen molar-refractivity contribution in [3.8, 4) is 11.1 Å². The number of halogens is 3. The molecule has 0 spiro atoms. The van der Waals surface area contributed by atoms with Crippen molar-refractivity contribution in [3.05, 3.63) is 127 Å². The third-order valence-electron chi connectivity index (χ3n) is 6.60. The van der Waals surface area contributed by atoms with E-state index >= 15 is 0 Å². The van der Waals surface area contributed by atoms with Crippen LogP contribution < -0.4 is 16.4 Å². The fourth-order valence-electron chi connectivity index (χ4n) is 4.13. The molecule has 2 N–H and O–H groups in total. The minimum atomic E-state index is -1.19. The van der Waals surface area contributed by atoms with Crippen LogP contribution in [0.3, 0.4) is 0 Å². The smallest absolute Gasteiger partial charge is 0.480 e. The fraction of sp³-hybridized carbons (Fsp3) is 0.294. The second-order valence-electron chi connectivity index (χ2n) is 9.46.